The van der Waals surface area contributed by atoms with E-state index in [9.17, 15) is 0 Å². The van der Waals surface area contributed by atoms with Crippen LogP contribution in [0.25, 0.3) is 0 Å². The first-order valence-corrected chi connectivity index (χ1v) is 6.47. The molecule has 2 N–H and O–H groups in total. The Morgan fingerprint density at radius 3 is 2.72 bits per heavy atom. The molecular weight excluding hydrogens is 228 g/mol. The molecule has 0 amide bonds. The maximum absolute atomic E-state index is 5.66. The quantitative estimate of drug-likeness (QED) is 0.658. The van der Waals surface area contributed by atoms with Crippen molar-refractivity contribution in [3.63, 3.8) is 0 Å². The lowest BCUT2D eigenvalue weighted by molar-refractivity contribution is 0.307. The highest BCUT2D eigenvalue weighted by Crippen LogP contribution is 2.30. The van der Waals surface area contributed by atoms with Gasteiger partial charge in [0.15, 0.2) is 11.5 Å². The first-order chi connectivity index (χ1) is 8.83. The summed E-state index contributed by atoms with van der Waals surface area (Å²) in [6.07, 6.45) is 1.12. The Balaban J connectivity index is 2.57. The molecule has 0 aliphatic heterocycles. The van der Waals surface area contributed by atoms with Crippen LogP contribution in [0.5, 0.6) is 11.5 Å². The standard InChI is InChI=1S/C14H24N2O2/c1-4-18-14-12(7-5-8-13(14)17-3)11-16-10-6-9-15-2/h5,7-8,15-16H,4,6,9-11H2,1-3H3. The number of methoxy groups -OCH3 is 1. The highest BCUT2D eigenvalue weighted by molar-refractivity contribution is 5.46. The lowest BCUT2D eigenvalue weighted by atomic mass is 10.2. The van der Waals surface area contributed by atoms with E-state index < -0.39 is 0 Å². The van der Waals surface area contributed by atoms with Crippen LogP contribution >= 0.6 is 0 Å². The fourth-order valence-corrected chi connectivity index (χ4v) is 1.78. The van der Waals surface area contributed by atoms with E-state index in [0.717, 1.165) is 43.1 Å². The van der Waals surface area contributed by atoms with Crippen LogP contribution in [0.1, 0.15) is 18.9 Å². The summed E-state index contributed by atoms with van der Waals surface area (Å²) in [7, 11) is 3.64. The molecule has 102 valence electrons. The summed E-state index contributed by atoms with van der Waals surface area (Å²) >= 11 is 0. The van der Waals surface area contributed by atoms with Crippen LogP contribution in [-0.4, -0.2) is 33.9 Å². The maximum Gasteiger partial charge on any atom is 0.165 e. The minimum atomic E-state index is 0.646. The zero-order valence-electron chi connectivity index (χ0n) is 11.6. The average Bonchev–Trinajstić information content (AvgIpc) is 2.40. The molecule has 0 aliphatic rings. The molecular formula is C14H24N2O2. The van der Waals surface area contributed by atoms with Crippen molar-refractivity contribution in [2.24, 2.45) is 0 Å². The summed E-state index contributed by atoms with van der Waals surface area (Å²) in [5.41, 5.74) is 1.14. The Bertz CT molecular complexity index is 343. The molecule has 1 aromatic rings. The van der Waals surface area contributed by atoms with Gasteiger partial charge in [0.2, 0.25) is 0 Å². The first-order valence-electron chi connectivity index (χ1n) is 6.47. The van der Waals surface area contributed by atoms with Gasteiger partial charge in [-0.25, -0.2) is 0 Å². The maximum atomic E-state index is 5.66. The molecule has 0 fully saturated rings. The van der Waals surface area contributed by atoms with Gasteiger partial charge in [-0.15, -0.1) is 0 Å². The van der Waals surface area contributed by atoms with E-state index in [1.807, 2.05) is 26.1 Å². The monoisotopic (exact) mass is 252 g/mol. The Labute approximate surface area is 110 Å². The van der Waals surface area contributed by atoms with E-state index >= 15 is 0 Å². The van der Waals surface area contributed by atoms with Crippen molar-refractivity contribution in [3.8, 4) is 11.5 Å². The van der Waals surface area contributed by atoms with Gasteiger partial charge in [0.05, 0.1) is 13.7 Å². The Morgan fingerprint density at radius 2 is 2.06 bits per heavy atom. The van der Waals surface area contributed by atoms with Gasteiger partial charge >= 0.3 is 0 Å². The average molecular weight is 252 g/mol. The number of hydrogen-bond donors (Lipinski definition) is 2. The van der Waals surface area contributed by atoms with E-state index in [1.54, 1.807) is 7.11 Å². The Morgan fingerprint density at radius 1 is 1.22 bits per heavy atom. The second-order valence-electron chi connectivity index (χ2n) is 4.02. The number of nitrogens with one attached hydrogen (secondary N) is 2. The van der Waals surface area contributed by atoms with Crippen LogP contribution in [0.4, 0.5) is 0 Å². The number of benzene rings is 1. The van der Waals surface area contributed by atoms with Crippen LogP contribution in [0.3, 0.4) is 0 Å². The third kappa shape index (κ3) is 4.55. The zero-order valence-corrected chi connectivity index (χ0v) is 11.6. The molecule has 0 bridgehead atoms. The number of ether oxygens (including phenoxy) is 2. The molecule has 0 heterocycles. The van der Waals surface area contributed by atoms with Crippen molar-refractivity contribution in [3.05, 3.63) is 23.8 Å². The molecule has 0 atom stereocenters. The third-order valence-corrected chi connectivity index (χ3v) is 2.66. The fourth-order valence-electron chi connectivity index (χ4n) is 1.78. The van der Waals surface area contributed by atoms with Crippen molar-refractivity contribution in [2.45, 2.75) is 19.9 Å². The smallest absolute Gasteiger partial charge is 0.165 e. The van der Waals surface area contributed by atoms with Crippen LogP contribution in [0, 0.1) is 0 Å². The zero-order chi connectivity index (χ0) is 13.2. The number of hydrogen-bond acceptors (Lipinski definition) is 4. The van der Waals surface area contributed by atoms with Gasteiger partial charge in [-0.2, -0.15) is 0 Å². The molecule has 0 saturated heterocycles. The molecule has 0 radical (unpaired) electrons. The third-order valence-electron chi connectivity index (χ3n) is 2.66. The minimum absolute atomic E-state index is 0.646. The molecule has 1 rings (SSSR count). The van der Waals surface area contributed by atoms with E-state index in [1.165, 1.54) is 0 Å². The van der Waals surface area contributed by atoms with Gasteiger partial charge in [0.25, 0.3) is 0 Å². The lowest BCUT2D eigenvalue weighted by Gasteiger charge is -2.14. The lowest BCUT2D eigenvalue weighted by Crippen LogP contribution is -2.19. The van der Waals surface area contributed by atoms with Gasteiger partial charge in [0.1, 0.15) is 0 Å². The van der Waals surface area contributed by atoms with Gasteiger partial charge in [-0.3, -0.25) is 0 Å². The number of rotatable bonds is 9. The molecule has 4 nitrogen and oxygen atoms in total. The van der Waals surface area contributed by atoms with Crippen molar-refractivity contribution >= 4 is 0 Å². The minimum Gasteiger partial charge on any atom is -0.493 e. The van der Waals surface area contributed by atoms with Gasteiger partial charge < -0.3 is 20.1 Å². The molecule has 0 saturated carbocycles. The summed E-state index contributed by atoms with van der Waals surface area (Å²) in [5, 5.41) is 6.54. The van der Waals surface area contributed by atoms with E-state index in [0.29, 0.717) is 6.61 Å². The summed E-state index contributed by atoms with van der Waals surface area (Å²) in [4.78, 5) is 0. The molecule has 0 aliphatic carbocycles. The van der Waals surface area contributed by atoms with Gasteiger partial charge in [-0.05, 0) is 39.5 Å². The van der Waals surface area contributed by atoms with Crippen molar-refractivity contribution in [1.29, 1.82) is 0 Å². The normalized spacial score (nSPS) is 10.4. The second-order valence-corrected chi connectivity index (χ2v) is 4.02. The summed E-state index contributed by atoms with van der Waals surface area (Å²) in [6.45, 7) is 5.45. The molecule has 0 aromatic heterocycles. The molecule has 0 spiro atoms. The van der Waals surface area contributed by atoms with E-state index in [-0.39, 0.29) is 0 Å². The predicted molar refractivity (Wildman–Crippen MR) is 74.4 cm³/mol. The molecule has 4 heteroatoms. The summed E-state index contributed by atoms with van der Waals surface area (Å²) in [5.74, 6) is 1.65. The van der Waals surface area contributed by atoms with Crippen molar-refractivity contribution in [1.82, 2.24) is 10.6 Å². The van der Waals surface area contributed by atoms with E-state index in [2.05, 4.69) is 16.7 Å². The Hall–Kier alpha value is -1.26. The van der Waals surface area contributed by atoms with Crippen LogP contribution < -0.4 is 20.1 Å². The molecule has 1 aromatic carbocycles. The van der Waals surface area contributed by atoms with Crippen LogP contribution in [-0.2, 0) is 6.54 Å². The SMILES string of the molecule is CCOc1c(CNCCCNC)cccc1OC. The van der Waals surface area contributed by atoms with E-state index in [4.69, 9.17) is 9.47 Å². The summed E-state index contributed by atoms with van der Waals surface area (Å²) < 4.78 is 11.0. The van der Waals surface area contributed by atoms with Crippen molar-refractivity contribution in [2.75, 3.05) is 33.9 Å². The highest BCUT2D eigenvalue weighted by Gasteiger charge is 2.09. The fraction of sp³-hybridized carbons (Fsp3) is 0.571. The van der Waals surface area contributed by atoms with Crippen molar-refractivity contribution < 1.29 is 9.47 Å². The number of para-hydroxylation sites is 1. The highest BCUT2D eigenvalue weighted by atomic mass is 16.5. The Kier molecular flexibility index (Phi) is 7.22. The first kappa shape index (κ1) is 14.8. The van der Waals surface area contributed by atoms with Crippen LogP contribution in [0.15, 0.2) is 18.2 Å². The van der Waals surface area contributed by atoms with Gasteiger partial charge in [0, 0.05) is 12.1 Å². The van der Waals surface area contributed by atoms with Gasteiger partial charge in [-0.1, -0.05) is 12.1 Å². The topological polar surface area (TPSA) is 42.5 Å². The largest absolute Gasteiger partial charge is 0.493 e. The predicted octanol–water partition coefficient (Wildman–Crippen LogP) is 1.79. The molecule has 0 unspecified atom stereocenters. The van der Waals surface area contributed by atoms with Crippen LogP contribution in [0.2, 0.25) is 0 Å². The summed E-state index contributed by atoms with van der Waals surface area (Å²) in [6, 6.07) is 5.99. The second kappa shape index (κ2) is 8.78. The molecule has 18 heavy (non-hydrogen) atoms.